The van der Waals surface area contributed by atoms with Gasteiger partial charge in [-0.3, -0.25) is 0 Å². The second-order valence-electron chi connectivity index (χ2n) is 3.91. The molecule has 0 saturated carbocycles. The van der Waals surface area contributed by atoms with Crippen LogP contribution in [0.5, 0.6) is 0 Å². The van der Waals surface area contributed by atoms with Crippen LogP contribution in [0.4, 0.5) is 0 Å². The van der Waals surface area contributed by atoms with E-state index in [9.17, 15) is 0 Å². The number of hydrogen-bond acceptors (Lipinski definition) is 3. The fourth-order valence-electron chi connectivity index (χ4n) is 1.66. The number of aromatic nitrogens is 2. The Morgan fingerprint density at radius 2 is 2.33 bits per heavy atom. The van der Waals surface area contributed by atoms with Crippen LogP contribution in [0.25, 0.3) is 5.69 Å². The molecule has 1 N–H and O–H groups in total. The molecular formula is C13H16ClN3O. The fraction of sp³-hybridized carbons (Fsp3) is 0.308. The molecule has 1 heterocycles. The minimum absolute atomic E-state index is 0.699. The molecule has 1 aromatic carbocycles. The normalized spacial score (nSPS) is 10.8. The lowest BCUT2D eigenvalue weighted by molar-refractivity contribution is 0.199. The van der Waals surface area contributed by atoms with E-state index in [1.807, 2.05) is 30.5 Å². The molecule has 0 fully saturated rings. The van der Waals surface area contributed by atoms with E-state index in [-0.39, 0.29) is 0 Å². The maximum Gasteiger partial charge on any atom is 0.0831 e. The molecule has 0 aliphatic heterocycles. The lowest BCUT2D eigenvalue weighted by Crippen LogP contribution is -2.18. The average Bonchev–Trinajstić information content (AvgIpc) is 2.88. The number of nitrogens with zero attached hydrogens (tertiary/aromatic N) is 2. The molecule has 0 amide bonds. The Labute approximate surface area is 112 Å². The van der Waals surface area contributed by atoms with Crippen molar-refractivity contribution in [3.05, 3.63) is 47.2 Å². The standard InChI is InChI=1S/C13H16ClN3O/c1-18-8-6-15-10-11-3-4-13(12(14)9-11)17-7-2-5-16-17/h2-5,7,9,15H,6,8,10H2,1H3. The van der Waals surface area contributed by atoms with Gasteiger partial charge in [0.25, 0.3) is 0 Å². The summed E-state index contributed by atoms with van der Waals surface area (Å²) in [6.45, 7) is 2.32. The first-order valence-electron chi connectivity index (χ1n) is 5.79. The second kappa shape index (κ2) is 6.54. The fourth-order valence-corrected chi connectivity index (χ4v) is 1.95. The Morgan fingerprint density at radius 3 is 3.00 bits per heavy atom. The predicted octanol–water partition coefficient (Wildman–Crippen LogP) is 2.26. The summed E-state index contributed by atoms with van der Waals surface area (Å²) in [4.78, 5) is 0. The number of halogens is 1. The van der Waals surface area contributed by atoms with Gasteiger partial charge in [0.05, 0.1) is 17.3 Å². The minimum atomic E-state index is 0.699. The molecule has 1 aromatic heterocycles. The zero-order valence-electron chi connectivity index (χ0n) is 10.3. The van der Waals surface area contributed by atoms with Crippen molar-refractivity contribution in [3.8, 4) is 5.69 Å². The first-order chi connectivity index (χ1) is 8.81. The van der Waals surface area contributed by atoms with Crippen LogP contribution in [-0.4, -0.2) is 30.0 Å². The highest BCUT2D eigenvalue weighted by molar-refractivity contribution is 6.32. The summed E-state index contributed by atoms with van der Waals surface area (Å²) in [5.41, 5.74) is 2.04. The monoisotopic (exact) mass is 265 g/mol. The average molecular weight is 266 g/mol. The van der Waals surface area contributed by atoms with Crippen molar-refractivity contribution >= 4 is 11.6 Å². The predicted molar refractivity (Wildman–Crippen MR) is 72.2 cm³/mol. The second-order valence-corrected chi connectivity index (χ2v) is 4.31. The first kappa shape index (κ1) is 13.1. The van der Waals surface area contributed by atoms with Crippen molar-refractivity contribution in [2.75, 3.05) is 20.3 Å². The molecule has 0 aliphatic carbocycles. The van der Waals surface area contributed by atoms with Gasteiger partial charge in [0, 0.05) is 32.6 Å². The van der Waals surface area contributed by atoms with Crippen LogP contribution in [0.15, 0.2) is 36.7 Å². The van der Waals surface area contributed by atoms with E-state index < -0.39 is 0 Å². The van der Waals surface area contributed by atoms with Crippen molar-refractivity contribution < 1.29 is 4.74 Å². The molecule has 2 aromatic rings. The number of benzene rings is 1. The SMILES string of the molecule is COCCNCc1ccc(-n2cccn2)c(Cl)c1. The van der Waals surface area contributed by atoms with Crippen LogP contribution in [0.1, 0.15) is 5.56 Å². The molecule has 0 saturated heterocycles. The molecule has 2 rings (SSSR count). The van der Waals surface area contributed by atoms with Crippen molar-refractivity contribution in [3.63, 3.8) is 0 Å². The Bertz CT molecular complexity index is 485. The van der Waals surface area contributed by atoms with Gasteiger partial charge in [-0.1, -0.05) is 17.7 Å². The number of nitrogens with one attached hydrogen (secondary N) is 1. The number of rotatable bonds is 6. The summed E-state index contributed by atoms with van der Waals surface area (Å²) < 4.78 is 6.73. The van der Waals surface area contributed by atoms with Crippen LogP contribution in [0.2, 0.25) is 5.02 Å². The summed E-state index contributed by atoms with van der Waals surface area (Å²) >= 11 is 6.25. The van der Waals surface area contributed by atoms with Gasteiger partial charge in [-0.2, -0.15) is 5.10 Å². The molecule has 5 heteroatoms. The van der Waals surface area contributed by atoms with Gasteiger partial charge in [-0.15, -0.1) is 0 Å². The third-order valence-electron chi connectivity index (χ3n) is 2.58. The van der Waals surface area contributed by atoms with Crippen molar-refractivity contribution in [1.82, 2.24) is 15.1 Å². The summed E-state index contributed by atoms with van der Waals surface area (Å²) in [5.74, 6) is 0. The van der Waals surface area contributed by atoms with Gasteiger partial charge in [-0.25, -0.2) is 4.68 Å². The van der Waals surface area contributed by atoms with E-state index in [1.165, 1.54) is 0 Å². The lowest BCUT2D eigenvalue weighted by atomic mass is 10.2. The van der Waals surface area contributed by atoms with Gasteiger partial charge >= 0.3 is 0 Å². The van der Waals surface area contributed by atoms with Gasteiger partial charge in [0.2, 0.25) is 0 Å². The molecule has 0 radical (unpaired) electrons. The molecule has 4 nitrogen and oxygen atoms in total. The van der Waals surface area contributed by atoms with Crippen molar-refractivity contribution in [2.24, 2.45) is 0 Å². The molecule has 0 unspecified atom stereocenters. The van der Waals surface area contributed by atoms with Crippen LogP contribution in [0, 0.1) is 0 Å². The summed E-state index contributed by atoms with van der Waals surface area (Å²) in [5, 5.41) is 8.14. The smallest absolute Gasteiger partial charge is 0.0831 e. The molecule has 96 valence electrons. The highest BCUT2D eigenvalue weighted by Gasteiger charge is 2.04. The van der Waals surface area contributed by atoms with Gasteiger partial charge in [-0.05, 0) is 23.8 Å². The largest absolute Gasteiger partial charge is 0.383 e. The Kier molecular flexibility index (Phi) is 4.75. The molecule has 0 atom stereocenters. The molecule has 0 aliphatic rings. The molecule has 18 heavy (non-hydrogen) atoms. The zero-order valence-corrected chi connectivity index (χ0v) is 11.0. The molecule has 0 spiro atoms. The van der Waals surface area contributed by atoms with E-state index in [0.29, 0.717) is 11.6 Å². The highest BCUT2D eigenvalue weighted by atomic mass is 35.5. The van der Waals surface area contributed by atoms with Crippen LogP contribution < -0.4 is 5.32 Å². The Balaban J connectivity index is 2.01. The third-order valence-corrected chi connectivity index (χ3v) is 2.88. The third kappa shape index (κ3) is 3.32. The first-order valence-corrected chi connectivity index (χ1v) is 6.17. The van der Waals surface area contributed by atoms with Gasteiger partial charge in [0.15, 0.2) is 0 Å². The van der Waals surface area contributed by atoms with Crippen LogP contribution in [-0.2, 0) is 11.3 Å². The number of hydrogen-bond donors (Lipinski definition) is 1. The molecule has 0 bridgehead atoms. The number of methoxy groups -OCH3 is 1. The Morgan fingerprint density at radius 1 is 1.44 bits per heavy atom. The van der Waals surface area contributed by atoms with Crippen molar-refractivity contribution in [1.29, 1.82) is 0 Å². The Hall–Kier alpha value is -1.36. The summed E-state index contributed by atoms with van der Waals surface area (Å²) in [6, 6.07) is 7.85. The summed E-state index contributed by atoms with van der Waals surface area (Å²) in [6.07, 6.45) is 3.61. The van der Waals surface area contributed by atoms with Crippen LogP contribution >= 0.6 is 11.6 Å². The van der Waals surface area contributed by atoms with E-state index in [4.69, 9.17) is 16.3 Å². The van der Waals surface area contributed by atoms with Crippen LogP contribution in [0.3, 0.4) is 0 Å². The quantitative estimate of drug-likeness (QED) is 0.815. The highest BCUT2D eigenvalue weighted by Crippen LogP contribution is 2.21. The van der Waals surface area contributed by atoms with E-state index in [2.05, 4.69) is 10.4 Å². The summed E-state index contributed by atoms with van der Waals surface area (Å²) in [7, 11) is 1.69. The van der Waals surface area contributed by atoms with E-state index in [1.54, 1.807) is 18.0 Å². The van der Waals surface area contributed by atoms with Gasteiger partial charge < -0.3 is 10.1 Å². The lowest BCUT2D eigenvalue weighted by Gasteiger charge is -2.08. The topological polar surface area (TPSA) is 39.1 Å². The number of ether oxygens (including phenoxy) is 1. The van der Waals surface area contributed by atoms with Crippen molar-refractivity contribution in [2.45, 2.75) is 6.54 Å². The maximum atomic E-state index is 6.25. The molecular weight excluding hydrogens is 250 g/mol. The maximum absolute atomic E-state index is 6.25. The van der Waals surface area contributed by atoms with E-state index in [0.717, 1.165) is 24.3 Å². The van der Waals surface area contributed by atoms with Gasteiger partial charge in [0.1, 0.15) is 0 Å². The van der Waals surface area contributed by atoms with E-state index >= 15 is 0 Å². The minimum Gasteiger partial charge on any atom is -0.383 e. The zero-order chi connectivity index (χ0) is 12.8.